The molecule has 2 atom stereocenters. The van der Waals surface area contributed by atoms with Gasteiger partial charge < -0.3 is 19.8 Å². The molecule has 0 radical (unpaired) electrons. The van der Waals surface area contributed by atoms with E-state index in [9.17, 15) is 4.79 Å². The first-order valence-corrected chi connectivity index (χ1v) is 9.44. The van der Waals surface area contributed by atoms with E-state index in [1.54, 1.807) is 10.9 Å². The highest BCUT2D eigenvalue weighted by Crippen LogP contribution is 2.45. The van der Waals surface area contributed by atoms with Crippen LogP contribution in [-0.4, -0.2) is 46.0 Å². The summed E-state index contributed by atoms with van der Waals surface area (Å²) in [5.41, 5.74) is 3.15. The number of rotatable bonds is 6. The van der Waals surface area contributed by atoms with E-state index in [-0.39, 0.29) is 18.1 Å². The Balaban J connectivity index is 1.30. The van der Waals surface area contributed by atoms with Crippen molar-refractivity contribution in [1.82, 2.24) is 20.1 Å². The van der Waals surface area contributed by atoms with Gasteiger partial charge in [-0.05, 0) is 43.6 Å². The number of hydrogen-bond donors (Lipinski definition) is 2. The molecule has 2 aromatic heterocycles. The van der Waals surface area contributed by atoms with Gasteiger partial charge >= 0.3 is 0 Å². The summed E-state index contributed by atoms with van der Waals surface area (Å²) in [4.78, 5) is 16.5. The summed E-state index contributed by atoms with van der Waals surface area (Å²) >= 11 is 0. The zero-order valence-electron chi connectivity index (χ0n) is 14.9. The van der Waals surface area contributed by atoms with Gasteiger partial charge in [-0.15, -0.1) is 0 Å². The molecule has 1 amide bonds. The van der Waals surface area contributed by atoms with Gasteiger partial charge in [0.1, 0.15) is 6.10 Å². The number of aromatic amines is 1. The Kier molecular flexibility index (Phi) is 3.77. The second-order valence-electron chi connectivity index (χ2n) is 7.72. The molecule has 5 rings (SSSR count). The Labute approximate surface area is 152 Å². The van der Waals surface area contributed by atoms with Crippen LogP contribution in [-0.2, 0) is 11.8 Å². The van der Waals surface area contributed by atoms with Gasteiger partial charge in [-0.1, -0.05) is 0 Å². The second kappa shape index (κ2) is 6.16. The van der Waals surface area contributed by atoms with Gasteiger partial charge in [-0.2, -0.15) is 5.10 Å². The Morgan fingerprint density at radius 2 is 2.12 bits per heavy atom. The zero-order valence-corrected chi connectivity index (χ0v) is 14.9. The molecule has 7 nitrogen and oxygen atoms in total. The van der Waals surface area contributed by atoms with Crippen molar-refractivity contribution in [3.05, 3.63) is 35.4 Å². The van der Waals surface area contributed by atoms with E-state index in [2.05, 4.69) is 21.5 Å². The van der Waals surface area contributed by atoms with E-state index >= 15 is 0 Å². The molecule has 7 heteroatoms. The number of ether oxygens (including phenoxy) is 2. The van der Waals surface area contributed by atoms with Crippen LogP contribution in [0.25, 0.3) is 0 Å². The molecular weight excluding hydrogens is 332 g/mol. The lowest BCUT2D eigenvalue weighted by Gasteiger charge is -2.19. The Morgan fingerprint density at radius 1 is 1.31 bits per heavy atom. The third-order valence-corrected chi connectivity index (χ3v) is 5.43. The van der Waals surface area contributed by atoms with Crippen LogP contribution in [0, 0.1) is 0 Å². The van der Waals surface area contributed by atoms with Crippen LogP contribution in [0.5, 0.6) is 5.75 Å². The molecule has 0 aromatic carbocycles. The summed E-state index contributed by atoms with van der Waals surface area (Å²) in [5.74, 6) is 1.81. The fourth-order valence-electron chi connectivity index (χ4n) is 3.65. The van der Waals surface area contributed by atoms with Crippen molar-refractivity contribution in [2.24, 2.45) is 7.05 Å². The number of aryl methyl sites for hydroxylation is 1. The molecule has 26 heavy (non-hydrogen) atoms. The lowest BCUT2D eigenvalue weighted by Crippen LogP contribution is -2.45. The van der Waals surface area contributed by atoms with Crippen LogP contribution in [0.3, 0.4) is 0 Å². The zero-order chi connectivity index (χ0) is 17.7. The molecule has 138 valence electrons. The van der Waals surface area contributed by atoms with Crippen LogP contribution in [0.4, 0.5) is 0 Å². The molecule has 0 spiro atoms. The van der Waals surface area contributed by atoms with Crippen molar-refractivity contribution in [3.8, 4) is 5.75 Å². The summed E-state index contributed by atoms with van der Waals surface area (Å²) in [5, 5.41) is 7.25. The second-order valence-corrected chi connectivity index (χ2v) is 7.72. The molecule has 2 saturated carbocycles. The monoisotopic (exact) mass is 356 g/mol. The number of nitrogens with one attached hydrogen (secondary N) is 2. The highest BCUT2D eigenvalue weighted by atomic mass is 16.5. The lowest BCUT2D eigenvalue weighted by atomic mass is 10.1. The molecule has 3 fully saturated rings. The topological polar surface area (TPSA) is 81.2 Å². The molecule has 0 unspecified atom stereocenters. The fraction of sp³-hybridized carbons (Fsp3) is 0.579. The highest BCUT2D eigenvalue weighted by Gasteiger charge is 2.36. The quantitative estimate of drug-likeness (QED) is 0.830. The number of carbonyl (C=O) groups excluding carboxylic acids is 1. The van der Waals surface area contributed by atoms with Crippen LogP contribution >= 0.6 is 0 Å². The first-order chi connectivity index (χ1) is 12.7. The van der Waals surface area contributed by atoms with Crippen LogP contribution in [0.2, 0.25) is 0 Å². The molecule has 3 aliphatic rings. The smallest absolute Gasteiger partial charge is 0.253 e. The predicted octanol–water partition coefficient (Wildman–Crippen LogP) is 2.08. The Morgan fingerprint density at radius 3 is 2.81 bits per heavy atom. The maximum absolute atomic E-state index is 13.0. The van der Waals surface area contributed by atoms with Crippen molar-refractivity contribution < 1.29 is 14.3 Å². The molecule has 1 saturated heterocycles. The standard InChI is InChI=1S/C19H24N4O3/c1-23-8-13(7-20-23)26-17-10-25-9-16(17)22-19(24)14-6-15(11-2-3-11)21-18(14)12-4-5-12/h6-8,11-12,16-17,21H,2-5,9-10H2,1H3,(H,22,24)/t16-,17+/m0/s1. The van der Waals surface area contributed by atoms with Crippen LogP contribution < -0.4 is 10.1 Å². The minimum absolute atomic E-state index is 0.0228. The summed E-state index contributed by atoms with van der Waals surface area (Å²) in [6, 6.07) is 1.90. The van der Waals surface area contributed by atoms with Gasteiger partial charge in [0.15, 0.2) is 5.75 Å². The number of amides is 1. The predicted molar refractivity (Wildman–Crippen MR) is 94.4 cm³/mol. The number of carbonyl (C=O) groups is 1. The SMILES string of the molecule is Cn1cc(O[C@@H]2COC[C@@H]2NC(=O)c2cc(C3CC3)[nH]c2C2CC2)cn1. The molecule has 2 N–H and O–H groups in total. The lowest BCUT2D eigenvalue weighted by molar-refractivity contribution is 0.0903. The minimum atomic E-state index is -0.200. The summed E-state index contributed by atoms with van der Waals surface area (Å²) in [7, 11) is 1.85. The van der Waals surface area contributed by atoms with E-state index < -0.39 is 0 Å². The largest absolute Gasteiger partial charge is 0.482 e. The summed E-state index contributed by atoms with van der Waals surface area (Å²) < 4.78 is 13.2. The van der Waals surface area contributed by atoms with E-state index in [4.69, 9.17) is 9.47 Å². The fourth-order valence-corrected chi connectivity index (χ4v) is 3.65. The summed E-state index contributed by atoms with van der Waals surface area (Å²) in [6.45, 7) is 0.936. The van der Waals surface area contributed by atoms with Gasteiger partial charge in [-0.25, -0.2) is 0 Å². The Bertz CT molecular complexity index is 819. The molecule has 2 aliphatic carbocycles. The maximum Gasteiger partial charge on any atom is 0.253 e. The van der Waals surface area contributed by atoms with E-state index in [0.29, 0.717) is 30.8 Å². The molecule has 0 bridgehead atoms. The van der Waals surface area contributed by atoms with Gasteiger partial charge in [-0.3, -0.25) is 9.48 Å². The van der Waals surface area contributed by atoms with E-state index in [0.717, 1.165) is 11.3 Å². The highest BCUT2D eigenvalue weighted by molar-refractivity contribution is 5.96. The van der Waals surface area contributed by atoms with Crippen molar-refractivity contribution >= 4 is 5.91 Å². The normalized spacial score (nSPS) is 25.4. The number of hydrogen-bond acceptors (Lipinski definition) is 4. The van der Waals surface area contributed by atoms with E-state index in [1.807, 2.05) is 13.2 Å². The first-order valence-electron chi connectivity index (χ1n) is 9.44. The Hall–Kier alpha value is -2.28. The maximum atomic E-state index is 13.0. The molecule has 2 aromatic rings. The van der Waals surface area contributed by atoms with Crippen LogP contribution in [0.15, 0.2) is 18.5 Å². The third kappa shape index (κ3) is 3.11. The van der Waals surface area contributed by atoms with E-state index in [1.165, 1.54) is 31.4 Å². The van der Waals surface area contributed by atoms with Crippen molar-refractivity contribution in [2.45, 2.75) is 49.7 Å². The average molecular weight is 356 g/mol. The first kappa shape index (κ1) is 15.9. The van der Waals surface area contributed by atoms with Crippen molar-refractivity contribution in [1.29, 1.82) is 0 Å². The van der Waals surface area contributed by atoms with Gasteiger partial charge in [0, 0.05) is 18.4 Å². The average Bonchev–Trinajstić information content (AvgIpc) is 3.54. The van der Waals surface area contributed by atoms with Crippen LogP contribution in [0.1, 0.15) is 59.3 Å². The van der Waals surface area contributed by atoms with Gasteiger partial charge in [0.2, 0.25) is 0 Å². The number of H-pyrrole nitrogens is 1. The number of aromatic nitrogens is 3. The van der Waals surface area contributed by atoms with Gasteiger partial charge in [0.25, 0.3) is 5.91 Å². The van der Waals surface area contributed by atoms with Crippen molar-refractivity contribution in [2.75, 3.05) is 13.2 Å². The number of nitrogens with zero attached hydrogens (tertiary/aromatic N) is 2. The van der Waals surface area contributed by atoms with Crippen molar-refractivity contribution in [3.63, 3.8) is 0 Å². The van der Waals surface area contributed by atoms with Gasteiger partial charge in [0.05, 0.1) is 37.2 Å². The molecular formula is C19H24N4O3. The third-order valence-electron chi connectivity index (χ3n) is 5.43. The minimum Gasteiger partial charge on any atom is -0.482 e. The molecule has 3 heterocycles. The summed E-state index contributed by atoms with van der Waals surface area (Å²) in [6.07, 6.45) is 8.09. The molecule has 1 aliphatic heterocycles.